The van der Waals surface area contributed by atoms with Crippen molar-refractivity contribution in [2.24, 2.45) is 0 Å². The van der Waals surface area contributed by atoms with Crippen molar-refractivity contribution in [2.45, 2.75) is 43.6 Å². The van der Waals surface area contributed by atoms with Gasteiger partial charge in [-0.05, 0) is 49.4 Å². The summed E-state index contributed by atoms with van der Waals surface area (Å²) in [5.74, 6) is 0.665. The molecule has 0 bridgehead atoms. The molecule has 0 radical (unpaired) electrons. The molecule has 4 nitrogen and oxygen atoms in total. The number of pyridine rings is 1. The van der Waals surface area contributed by atoms with Gasteiger partial charge in [-0.25, -0.2) is 4.98 Å². The molecule has 5 heteroatoms. The molecule has 0 unspecified atom stereocenters. The maximum Gasteiger partial charge on any atom is 0.232 e. The van der Waals surface area contributed by atoms with Crippen LogP contribution in [-0.2, 0) is 12.8 Å². The van der Waals surface area contributed by atoms with Crippen LogP contribution < -0.4 is 0 Å². The topological polar surface area (TPSA) is 58.7 Å². The van der Waals surface area contributed by atoms with Crippen molar-refractivity contribution in [3.8, 4) is 6.07 Å². The lowest BCUT2D eigenvalue weighted by Gasteiger charge is -2.10. The number of aromatic nitrogens is 2. The van der Waals surface area contributed by atoms with Gasteiger partial charge in [-0.15, -0.1) is 11.8 Å². The van der Waals surface area contributed by atoms with Gasteiger partial charge in [0.25, 0.3) is 0 Å². The summed E-state index contributed by atoms with van der Waals surface area (Å²) in [4.78, 5) is 18.0. The van der Waals surface area contributed by atoms with Crippen LogP contribution in [0.3, 0.4) is 0 Å². The summed E-state index contributed by atoms with van der Waals surface area (Å²) in [5, 5.41) is 12.6. The number of carbonyl (C=O) groups excluding carboxylic acids is 1. The molecule has 5 rings (SSSR count). The van der Waals surface area contributed by atoms with Gasteiger partial charge < -0.3 is 0 Å². The fourth-order valence-electron chi connectivity index (χ4n) is 4.52. The number of benzene rings is 2. The number of aryl methyl sites for hydroxylation is 2. The Morgan fingerprint density at radius 2 is 1.68 bits per heavy atom. The maximum absolute atomic E-state index is 13.2. The molecule has 0 fully saturated rings. The van der Waals surface area contributed by atoms with Gasteiger partial charge in [0.05, 0.1) is 16.6 Å². The molecule has 0 saturated carbocycles. The normalized spacial score (nSPS) is 13.6. The molecular formula is C26H23N3OS. The number of para-hydroxylation sites is 2. The second-order valence-corrected chi connectivity index (χ2v) is 9.06. The quantitative estimate of drug-likeness (QED) is 0.290. The van der Waals surface area contributed by atoms with Crippen LogP contribution >= 0.6 is 11.8 Å². The zero-order chi connectivity index (χ0) is 21.2. The van der Waals surface area contributed by atoms with Crippen molar-refractivity contribution in [2.75, 3.05) is 5.75 Å². The SMILES string of the molecule is N#Cc1cc2c(nc1SCCC(=O)n1c3ccccc3c3ccccc31)CCCCC2. The molecule has 2 heterocycles. The zero-order valence-corrected chi connectivity index (χ0v) is 18.1. The number of nitriles is 1. The third kappa shape index (κ3) is 3.73. The van der Waals surface area contributed by atoms with Crippen LogP contribution in [0.5, 0.6) is 0 Å². The van der Waals surface area contributed by atoms with E-state index in [2.05, 4.69) is 18.2 Å². The number of carbonyl (C=O) groups is 1. The summed E-state index contributed by atoms with van der Waals surface area (Å²) in [7, 11) is 0. The average molecular weight is 426 g/mol. The average Bonchev–Trinajstić information content (AvgIpc) is 2.96. The van der Waals surface area contributed by atoms with E-state index in [1.807, 2.05) is 47.0 Å². The Hall–Kier alpha value is -3.10. The largest absolute Gasteiger partial charge is 0.280 e. The maximum atomic E-state index is 13.2. The first-order valence-corrected chi connectivity index (χ1v) is 11.8. The zero-order valence-electron chi connectivity index (χ0n) is 17.3. The number of thioether (sulfide) groups is 1. The summed E-state index contributed by atoms with van der Waals surface area (Å²) < 4.78 is 1.83. The molecule has 1 aliphatic rings. The molecule has 0 atom stereocenters. The van der Waals surface area contributed by atoms with E-state index in [-0.39, 0.29) is 5.91 Å². The summed E-state index contributed by atoms with van der Waals surface area (Å²) in [6.45, 7) is 0. The first-order valence-electron chi connectivity index (χ1n) is 10.8. The van der Waals surface area contributed by atoms with E-state index in [9.17, 15) is 10.1 Å². The van der Waals surface area contributed by atoms with Crippen molar-refractivity contribution in [3.63, 3.8) is 0 Å². The van der Waals surface area contributed by atoms with Crippen LogP contribution in [0.25, 0.3) is 21.8 Å². The number of fused-ring (bicyclic) bond motifs is 4. The summed E-state index contributed by atoms with van der Waals surface area (Å²) >= 11 is 1.52. The summed E-state index contributed by atoms with van der Waals surface area (Å²) in [6.07, 6.45) is 5.91. The van der Waals surface area contributed by atoms with E-state index in [0.29, 0.717) is 17.7 Å². The number of nitrogens with zero attached hydrogens (tertiary/aromatic N) is 3. The van der Waals surface area contributed by atoms with Crippen molar-refractivity contribution in [1.82, 2.24) is 9.55 Å². The van der Waals surface area contributed by atoms with Gasteiger partial charge in [-0.2, -0.15) is 5.26 Å². The van der Waals surface area contributed by atoms with Crippen LogP contribution in [0.2, 0.25) is 0 Å². The third-order valence-electron chi connectivity index (χ3n) is 6.02. The Kier molecular flexibility index (Phi) is 5.48. The van der Waals surface area contributed by atoms with Crippen molar-refractivity contribution >= 4 is 39.5 Å². The van der Waals surface area contributed by atoms with E-state index in [4.69, 9.17) is 4.98 Å². The molecule has 31 heavy (non-hydrogen) atoms. The number of rotatable bonds is 4. The van der Waals surface area contributed by atoms with Gasteiger partial charge in [0, 0.05) is 28.6 Å². The molecule has 2 aromatic heterocycles. The second kappa shape index (κ2) is 8.56. The molecule has 0 aliphatic heterocycles. The monoisotopic (exact) mass is 425 g/mol. The van der Waals surface area contributed by atoms with Crippen LogP contribution in [0.1, 0.15) is 47.3 Å². The van der Waals surface area contributed by atoms with Gasteiger partial charge in [-0.1, -0.05) is 42.8 Å². The highest BCUT2D eigenvalue weighted by Gasteiger charge is 2.17. The molecule has 154 valence electrons. The first-order chi connectivity index (χ1) is 15.3. The minimum atomic E-state index is 0.0677. The summed E-state index contributed by atoms with van der Waals surface area (Å²) in [5.41, 5.74) is 4.88. The van der Waals surface area contributed by atoms with E-state index >= 15 is 0 Å². The van der Waals surface area contributed by atoms with Gasteiger partial charge in [0.15, 0.2) is 0 Å². The fourth-order valence-corrected chi connectivity index (χ4v) is 5.42. The smallest absolute Gasteiger partial charge is 0.232 e. The Balaban J connectivity index is 1.39. The highest BCUT2D eigenvalue weighted by molar-refractivity contribution is 7.99. The first kappa shape index (κ1) is 19.8. The lowest BCUT2D eigenvalue weighted by Crippen LogP contribution is -2.11. The highest BCUT2D eigenvalue weighted by atomic mass is 32.2. The number of hydrogen-bond acceptors (Lipinski definition) is 4. The van der Waals surface area contributed by atoms with Crippen LogP contribution in [0, 0.1) is 11.3 Å². The molecule has 4 aromatic rings. The van der Waals surface area contributed by atoms with E-state index in [1.165, 1.54) is 30.2 Å². The van der Waals surface area contributed by atoms with Crippen LogP contribution in [-0.4, -0.2) is 21.2 Å². The molecule has 0 N–H and O–H groups in total. The Morgan fingerprint density at radius 3 is 2.39 bits per heavy atom. The standard InChI is InChI=1S/C26H23N3OS/c27-17-19-16-18-8-2-1-3-11-22(18)28-26(19)31-15-14-25(30)29-23-12-6-4-9-20(23)21-10-5-7-13-24(21)29/h4-7,9-10,12-13,16H,1-3,8,11,14-15H2. The highest BCUT2D eigenvalue weighted by Crippen LogP contribution is 2.30. The Bertz CT molecular complexity index is 1280. The van der Waals surface area contributed by atoms with Crippen LogP contribution in [0.4, 0.5) is 0 Å². The van der Waals surface area contributed by atoms with Crippen molar-refractivity contribution in [3.05, 3.63) is 71.4 Å². The van der Waals surface area contributed by atoms with Gasteiger partial charge in [-0.3, -0.25) is 9.36 Å². The lowest BCUT2D eigenvalue weighted by atomic mass is 10.1. The predicted octanol–water partition coefficient (Wildman–Crippen LogP) is 6.15. The van der Waals surface area contributed by atoms with E-state index in [0.717, 1.165) is 51.8 Å². The van der Waals surface area contributed by atoms with Gasteiger partial charge in [0.2, 0.25) is 5.91 Å². The molecule has 0 amide bonds. The van der Waals surface area contributed by atoms with Crippen molar-refractivity contribution < 1.29 is 4.79 Å². The lowest BCUT2D eigenvalue weighted by molar-refractivity contribution is 0.0920. The Morgan fingerprint density at radius 1 is 1.00 bits per heavy atom. The number of hydrogen-bond donors (Lipinski definition) is 0. The minimum Gasteiger partial charge on any atom is -0.280 e. The van der Waals surface area contributed by atoms with Gasteiger partial charge in [0.1, 0.15) is 11.1 Å². The molecule has 0 saturated heterocycles. The minimum absolute atomic E-state index is 0.0677. The van der Waals surface area contributed by atoms with Crippen LogP contribution in [0.15, 0.2) is 59.6 Å². The van der Waals surface area contributed by atoms with Crippen molar-refractivity contribution in [1.29, 1.82) is 5.26 Å². The van der Waals surface area contributed by atoms with E-state index in [1.54, 1.807) is 0 Å². The Labute approximate surface area is 185 Å². The van der Waals surface area contributed by atoms with Gasteiger partial charge >= 0.3 is 0 Å². The molecule has 1 aliphatic carbocycles. The van der Waals surface area contributed by atoms with E-state index < -0.39 is 0 Å². The molecule has 0 spiro atoms. The molecule has 2 aromatic carbocycles. The second-order valence-electron chi connectivity index (χ2n) is 7.98. The summed E-state index contributed by atoms with van der Waals surface area (Å²) in [6, 6.07) is 20.4. The predicted molar refractivity (Wildman–Crippen MR) is 126 cm³/mol. The molecular weight excluding hydrogens is 402 g/mol. The third-order valence-corrected chi connectivity index (χ3v) is 7.01. The fraction of sp³-hybridized carbons (Fsp3) is 0.269.